The van der Waals surface area contributed by atoms with Crippen molar-refractivity contribution in [2.45, 2.75) is 25.5 Å². The van der Waals surface area contributed by atoms with Crippen molar-refractivity contribution >= 4 is 27.9 Å². The molecule has 3 heterocycles. The van der Waals surface area contributed by atoms with Crippen LogP contribution in [0.25, 0.3) is 11.9 Å². The highest BCUT2D eigenvalue weighted by atomic mass is 32.2. The van der Waals surface area contributed by atoms with Crippen molar-refractivity contribution in [3.8, 4) is 5.88 Å². The van der Waals surface area contributed by atoms with E-state index in [0.717, 1.165) is 10.4 Å². The van der Waals surface area contributed by atoms with Gasteiger partial charge in [0.1, 0.15) is 35.1 Å². The molecule has 5 rings (SSSR count). The minimum atomic E-state index is -3.71. The lowest BCUT2D eigenvalue weighted by Crippen LogP contribution is -2.55. The van der Waals surface area contributed by atoms with Gasteiger partial charge in [-0.25, -0.2) is 36.5 Å². The van der Waals surface area contributed by atoms with Gasteiger partial charge in [-0.15, -0.1) is 0 Å². The number of sulfonamides is 1. The van der Waals surface area contributed by atoms with E-state index < -0.39 is 27.2 Å². The highest BCUT2D eigenvalue weighted by molar-refractivity contribution is 7.89. The SMILES string of the molecule is Cc1cc(COc2cnc(/C(F)=C/c3cc(F)c4c(c3)[C@]3(C4)CS(=O)(=O)N(C)C(N)=N3)cn2)no1. The zero-order valence-corrected chi connectivity index (χ0v) is 19.5. The van der Waals surface area contributed by atoms with E-state index >= 15 is 0 Å². The number of hydrogen-bond donors (Lipinski definition) is 1. The second-order valence-electron chi connectivity index (χ2n) is 8.38. The molecule has 2 aromatic heterocycles. The zero-order chi connectivity index (χ0) is 25.0. The molecule has 0 amide bonds. The Bertz CT molecular complexity index is 1490. The molecule has 2 aliphatic rings. The molecule has 1 aliphatic heterocycles. The lowest BCUT2D eigenvalue weighted by atomic mass is 9.71. The molecule has 1 spiro atoms. The molecule has 182 valence electrons. The number of nitrogens with two attached hydrogens (primary N) is 1. The van der Waals surface area contributed by atoms with Crippen molar-refractivity contribution in [2.75, 3.05) is 12.8 Å². The molecular formula is C22H20F2N6O4S. The van der Waals surface area contributed by atoms with E-state index in [1.807, 2.05) is 0 Å². The van der Waals surface area contributed by atoms with Crippen molar-refractivity contribution in [2.24, 2.45) is 10.7 Å². The Balaban J connectivity index is 1.37. The fourth-order valence-corrected chi connectivity index (χ4v) is 5.52. The predicted molar refractivity (Wildman–Crippen MR) is 122 cm³/mol. The van der Waals surface area contributed by atoms with Crippen LogP contribution in [0.4, 0.5) is 8.78 Å². The number of nitrogens with zero attached hydrogens (tertiary/aromatic N) is 5. The van der Waals surface area contributed by atoms with Gasteiger partial charge in [0, 0.05) is 19.5 Å². The van der Waals surface area contributed by atoms with Crippen LogP contribution >= 0.6 is 0 Å². The number of aryl methyl sites for hydroxylation is 1. The number of fused-ring (bicyclic) bond motifs is 2. The Morgan fingerprint density at radius 1 is 1.31 bits per heavy atom. The van der Waals surface area contributed by atoms with Gasteiger partial charge in [-0.05, 0) is 41.8 Å². The Morgan fingerprint density at radius 3 is 2.77 bits per heavy atom. The van der Waals surface area contributed by atoms with E-state index in [1.165, 1.54) is 31.6 Å². The van der Waals surface area contributed by atoms with Crippen LogP contribution in [-0.2, 0) is 28.6 Å². The van der Waals surface area contributed by atoms with Crippen LogP contribution in [0.3, 0.4) is 0 Å². The molecule has 1 atom stereocenters. The standard InChI is InChI=1S/C22H20F2N6O4S/c1-12-3-14(29-34-12)10-33-20-9-26-19(8-27-20)18(24)6-13-4-16-15(17(23)5-13)7-22(16)11-35(31,32)30(2)21(25)28-22/h3-6,8-9H,7,10-11H2,1-2H3,(H2,25,28)/b18-6-/t22-/m0/s1. The third-order valence-electron chi connectivity index (χ3n) is 5.89. The van der Waals surface area contributed by atoms with Crippen LogP contribution < -0.4 is 10.5 Å². The quantitative estimate of drug-likeness (QED) is 0.561. The molecule has 0 unspecified atom stereocenters. The third-order valence-corrected chi connectivity index (χ3v) is 7.75. The normalized spacial score (nSPS) is 20.9. The maximum atomic E-state index is 14.9. The summed E-state index contributed by atoms with van der Waals surface area (Å²) in [4.78, 5) is 12.3. The Kier molecular flexibility index (Phi) is 5.31. The molecule has 0 bridgehead atoms. The Labute approximate surface area is 199 Å². The number of aromatic nitrogens is 3. The molecule has 13 heteroatoms. The van der Waals surface area contributed by atoms with Gasteiger partial charge in [-0.3, -0.25) is 0 Å². The molecule has 10 nitrogen and oxygen atoms in total. The van der Waals surface area contributed by atoms with Crippen LogP contribution in [0, 0.1) is 12.7 Å². The fraction of sp³-hybridized carbons (Fsp3) is 0.273. The van der Waals surface area contributed by atoms with Gasteiger partial charge in [0.05, 0.1) is 18.1 Å². The second-order valence-corrected chi connectivity index (χ2v) is 10.4. The number of guanidine groups is 1. The van der Waals surface area contributed by atoms with Gasteiger partial charge < -0.3 is 15.0 Å². The zero-order valence-electron chi connectivity index (χ0n) is 18.7. The molecule has 0 saturated carbocycles. The monoisotopic (exact) mass is 502 g/mol. The summed E-state index contributed by atoms with van der Waals surface area (Å²) in [6, 6.07) is 4.40. The van der Waals surface area contributed by atoms with Crippen molar-refractivity contribution < 1.29 is 26.5 Å². The van der Waals surface area contributed by atoms with Gasteiger partial charge in [-0.1, -0.05) is 5.16 Å². The molecule has 0 radical (unpaired) electrons. The molecular weight excluding hydrogens is 482 g/mol. The van der Waals surface area contributed by atoms with Gasteiger partial charge in [0.2, 0.25) is 21.9 Å². The third kappa shape index (κ3) is 4.11. The molecule has 3 aromatic rings. The lowest BCUT2D eigenvalue weighted by molar-refractivity contribution is 0.276. The van der Waals surface area contributed by atoms with E-state index in [0.29, 0.717) is 22.6 Å². The molecule has 1 aromatic carbocycles. The van der Waals surface area contributed by atoms with Gasteiger partial charge in [-0.2, -0.15) is 0 Å². The second kappa shape index (κ2) is 8.12. The molecule has 35 heavy (non-hydrogen) atoms. The summed E-state index contributed by atoms with van der Waals surface area (Å²) in [7, 11) is -2.40. The molecule has 0 saturated heterocycles. The Morgan fingerprint density at radius 2 is 2.11 bits per heavy atom. The summed E-state index contributed by atoms with van der Waals surface area (Å²) < 4.78 is 65.8. The number of rotatable bonds is 5. The predicted octanol–water partition coefficient (Wildman–Crippen LogP) is 2.30. The Hall–Kier alpha value is -3.87. The summed E-state index contributed by atoms with van der Waals surface area (Å²) in [5, 5.41) is 3.80. The van der Waals surface area contributed by atoms with Crippen LogP contribution in [0.2, 0.25) is 0 Å². The highest BCUT2D eigenvalue weighted by Gasteiger charge is 2.51. The van der Waals surface area contributed by atoms with E-state index in [2.05, 4.69) is 20.1 Å². The van der Waals surface area contributed by atoms with Crippen LogP contribution in [-0.4, -0.2) is 46.6 Å². The molecule has 2 N–H and O–H groups in total. The van der Waals surface area contributed by atoms with Crippen LogP contribution in [0.15, 0.2) is 40.1 Å². The average Bonchev–Trinajstić information content (AvgIpc) is 3.22. The summed E-state index contributed by atoms with van der Waals surface area (Å²) in [5.41, 5.74) is 5.98. The van der Waals surface area contributed by atoms with Crippen LogP contribution in [0.5, 0.6) is 5.88 Å². The largest absolute Gasteiger partial charge is 0.470 e. The van der Waals surface area contributed by atoms with E-state index in [-0.39, 0.29) is 41.9 Å². The van der Waals surface area contributed by atoms with E-state index in [4.69, 9.17) is 15.0 Å². The first kappa shape index (κ1) is 22.9. The van der Waals surface area contributed by atoms with E-state index in [9.17, 15) is 17.2 Å². The summed E-state index contributed by atoms with van der Waals surface area (Å²) in [5.74, 6) is -1.05. The lowest BCUT2D eigenvalue weighted by Gasteiger charge is -2.44. The van der Waals surface area contributed by atoms with Crippen molar-refractivity contribution in [1.82, 2.24) is 19.4 Å². The minimum absolute atomic E-state index is 0.0865. The average molecular weight is 503 g/mol. The minimum Gasteiger partial charge on any atom is -0.470 e. The molecule has 0 fully saturated rings. The maximum Gasteiger partial charge on any atom is 0.239 e. The van der Waals surface area contributed by atoms with Crippen molar-refractivity contribution in [1.29, 1.82) is 0 Å². The van der Waals surface area contributed by atoms with Crippen molar-refractivity contribution in [3.63, 3.8) is 0 Å². The van der Waals surface area contributed by atoms with Crippen molar-refractivity contribution in [3.05, 3.63) is 70.2 Å². The number of benzene rings is 1. The maximum absolute atomic E-state index is 14.9. The first-order valence-electron chi connectivity index (χ1n) is 10.5. The van der Waals surface area contributed by atoms with Gasteiger partial charge in [0.15, 0.2) is 5.83 Å². The topological polar surface area (TPSA) is 137 Å². The number of ether oxygens (including phenoxy) is 1. The smallest absolute Gasteiger partial charge is 0.239 e. The van der Waals surface area contributed by atoms with Gasteiger partial charge >= 0.3 is 0 Å². The highest BCUT2D eigenvalue weighted by Crippen LogP contribution is 2.47. The first-order valence-corrected chi connectivity index (χ1v) is 12.1. The fourth-order valence-electron chi connectivity index (χ4n) is 4.08. The number of halogens is 2. The van der Waals surface area contributed by atoms with Gasteiger partial charge in [0.25, 0.3) is 0 Å². The summed E-state index contributed by atoms with van der Waals surface area (Å²) >= 11 is 0. The first-order chi connectivity index (χ1) is 16.6. The van der Waals surface area contributed by atoms with E-state index in [1.54, 1.807) is 13.0 Å². The van der Waals surface area contributed by atoms with Crippen LogP contribution in [0.1, 0.15) is 33.8 Å². The number of aliphatic imine (C=N–C) groups is 1. The molecule has 1 aliphatic carbocycles. The summed E-state index contributed by atoms with van der Waals surface area (Å²) in [6.45, 7) is 1.86. The summed E-state index contributed by atoms with van der Waals surface area (Å²) in [6.07, 6.45) is 3.62. The number of hydrogen-bond acceptors (Lipinski definition) is 9.